The van der Waals surface area contributed by atoms with Crippen molar-refractivity contribution in [2.75, 3.05) is 12.8 Å². The van der Waals surface area contributed by atoms with Crippen molar-refractivity contribution in [3.63, 3.8) is 0 Å². The summed E-state index contributed by atoms with van der Waals surface area (Å²) in [6, 6.07) is 1.56. The average Bonchev–Trinajstić information content (AvgIpc) is 2.79. The zero-order valence-electron chi connectivity index (χ0n) is 10.1. The molecule has 98 valence electrons. The average molecular weight is 270 g/mol. The van der Waals surface area contributed by atoms with Gasteiger partial charge in [0.15, 0.2) is 0 Å². The number of pyridine rings is 1. The Kier molecular flexibility index (Phi) is 4.04. The molecule has 0 bridgehead atoms. The van der Waals surface area contributed by atoms with E-state index in [0.717, 1.165) is 19.3 Å². The molecule has 0 radical (unpaired) electrons. The molecule has 6 heteroatoms. The number of carbonyl (C=O) groups is 1. The van der Waals surface area contributed by atoms with Crippen molar-refractivity contribution in [2.24, 2.45) is 0 Å². The quantitative estimate of drug-likeness (QED) is 0.818. The van der Waals surface area contributed by atoms with Crippen LogP contribution in [0.4, 0.5) is 5.69 Å². The van der Waals surface area contributed by atoms with Gasteiger partial charge in [-0.25, -0.2) is 4.98 Å². The van der Waals surface area contributed by atoms with Crippen LogP contribution in [-0.2, 0) is 4.74 Å². The molecule has 2 atom stereocenters. The third-order valence-electron chi connectivity index (χ3n) is 3.18. The number of nitrogens with two attached hydrogens (primary N) is 1. The predicted octanol–water partition coefficient (Wildman–Crippen LogP) is 1.61. The number of nitrogen functional groups attached to an aromatic ring is 1. The van der Waals surface area contributed by atoms with Gasteiger partial charge in [0, 0.05) is 7.11 Å². The third kappa shape index (κ3) is 2.73. The van der Waals surface area contributed by atoms with Gasteiger partial charge in [0.2, 0.25) is 0 Å². The SMILES string of the molecule is COC1CCCC1NC(=O)c1cc(N)cnc1Cl. The van der Waals surface area contributed by atoms with Crippen LogP contribution in [0.25, 0.3) is 0 Å². The van der Waals surface area contributed by atoms with Crippen LogP contribution < -0.4 is 11.1 Å². The molecule has 1 aliphatic carbocycles. The molecule has 1 saturated carbocycles. The highest BCUT2D eigenvalue weighted by atomic mass is 35.5. The van der Waals surface area contributed by atoms with Gasteiger partial charge in [-0.1, -0.05) is 11.6 Å². The van der Waals surface area contributed by atoms with Crippen LogP contribution >= 0.6 is 11.6 Å². The second-order valence-electron chi connectivity index (χ2n) is 4.39. The maximum atomic E-state index is 12.1. The number of nitrogens with one attached hydrogen (secondary N) is 1. The summed E-state index contributed by atoms with van der Waals surface area (Å²) >= 11 is 5.89. The van der Waals surface area contributed by atoms with Gasteiger partial charge in [0.05, 0.1) is 29.6 Å². The van der Waals surface area contributed by atoms with Gasteiger partial charge in [-0.3, -0.25) is 4.79 Å². The number of carbonyl (C=O) groups excluding carboxylic acids is 1. The molecule has 1 aliphatic rings. The molecule has 1 heterocycles. The molecule has 1 aromatic rings. The Morgan fingerprint density at radius 1 is 1.61 bits per heavy atom. The smallest absolute Gasteiger partial charge is 0.254 e. The highest BCUT2D eigenvalue weighted by Crippen LogP contribution is 2.23. The molecule has 18 heavy (non-hydrogen) atoms. The molecule has 5 nitrogen and oxygen atoms in total. The molecule has 1 amide bonds. The molecule has 0 spiro atoms. The van der Waals surface area contributed by atoms with Crippen molar-refractivity contribution >= 4 is 23.2 Å². The van der Waals surface area contributed by atoms with Crippen LogP contribution in [0.2, 0.25) is 5.15 Å². The summed E-state index contributed by atoms with van der Waals surface area (Å²) < 4.78 is 5.33. The topological polar surface area (TPSA) is 77.2 Å². The standard InChI is InChI=1S/C12H16ClN3O2/c1-18-10-4-2-3-9(10)16-12(17)8-5-7(14)6-15-11(8)13/h5-6,9-10H,2-4,14H2,1H3,(H,16,17). The third-order valence-corrected chi connectivity index (χ3v) is 3.48. The van der Waals surface area contributed by atoms with Crippen LogP contribution in [0.5, 0.6) is 0 Å². The molecular weight excluding hydrogens is 254 g/mol. The van der Waals surface area contributed by atoms with Gasteiger partial charge >= 0.3 is 0 Å². The second kappa shape index (κ2) is 5.54. The fraction of sp³-hybridized carbons (Fsp3) is 0.500. The fourth-order valence-electron chi connectivity index (χ4n) is 2.24. The molecule has 3 N–H and O–H groups in total. The van der Waals surface area contributed by atoms with Gasteiger partial charge in [-0.2, -0.15) is 0 Å². The number of amides is 1. The van der Waals surface area contributed by atoms with E-state index >= 15 is 0 Å². The number of methoxy groups -OCH3 is 1. The zero-order valence-corrected chi connectivity index (χ0v) is 10.9. The van der Waals surface area contributed by atoms with E-state index in [9.17, 15) is 4.79 Å². The Bertz CT molecular complexity index is 453. The van der Waals surface area contributed by atoms with Gasteiger partial charge in [0.25, 0.3) is 5.91 Å². The van der Waals surface area contributed by atoms with Crippen molar-refractivity contribution in [1.29, 1.82) is 0 Å². The van der Waals surface area contributed by atoms with Crippen molar-refractivity contribution in [1.82, 2.24) is 10.3 Å². The number of nitrogens with zero attached hydrogens (tertiary/aromatic N) is 1. The fourth-order valence-corrected chi connectivity index (χ4v) is 2.43. The van der Waals surface area contributed by atoms with Crippen LogP contribution in [0, 0.1) is 0 Å². The van der Waals surface area contributed by atoms with Crippen molar-refractivity contribution in [3.05, 3.63) is 23.0 Å². The van der Waals surface area contributed by atoms with E-state index in [1.165, 1.54) is 12.3 Å². The summed E-state index contributed by atoms with van der Waals surface area (Å²) in [5, 5.41) is 3.08. The van der Waals surface area contributed by atoms with E-state index < -0.39 is 0 Å². The van der Waals surface area contributed by atoms with E-state index in [1.54, 1.807) is 7.11 Å². The van der Waals surface area contributed by atoms with Gasteiger partial charge in [-0.05, 0) is 25.3 Å². The lowest BCUT2D eigenvalue weighted by molar-refractivity contribution is 0.0722. The van der Waals surface area contributed by atoms with Crippen molar-refractivity contribution < 1.29 is 9.53 Å². The monoisotopic (exact) mass is 269 g/mol. The Balaban J connectivity index is 2.09. The number of hydrogen-bond donors (Lipinski definition) is 2. The molecular formula is C12H16ClN3O2. The first-order valence-corrected chi connectivity index (χ1v) is 6.24. The maximum Gasteiger partial charge on any atom is 0.254 e. The molecule has 0 aliphatic heterocycles. The normalized spacial score (nSPS) is 23.0. The Labute approximate surface area is 111 Å². The second-order valence-corrected chi connectivity index (χ2v) is 4.75. The summed E-state index contributed by atoms with van der Waals surface area (Å²) in [6.45, 7) is 0. The van der Waals surface area contributed by atoms with E-state index in [2.05, 4.69) is 10.3 Å². The number of aromatic nitrogens is 1. The largest absolute Gasteiger partial charge is 0.397 e. The molecule has 2 unspecified atom stereocenters. The van der Waals surface area contributed by atoms with E-state index in [-0.39, 0.29) is 23.2 Å². The minimum Gasteiger partial charge on any atom is -0.397 e. The highest BCUT2D eigenvalue weighted by molar-refractivity contribution is 6.32. The number of halogens is 1. The first kappa shape index (κ1) is 13.1. The van der Waals surface area contributed by atoms with Crippen LogP contribution in [0.3, 0.4) is 0 Å². The molecule has 0 aromatic carbocycles. The Morgan fingerprint density at radius 3 is 3.11 bits per heavy atom. The van der Waals surface area contributed by atoms with Gasteiger partial charge < -0.3 is 15.8 Å². The Morgan fingerprint density at radius 2 is 2.39 bits per heavy atom. The van der Waals surface area contributed by atoms with Crippen LogP contribution in [0.1, 0.15) is 29.6 Å². The molecule has 0 saturated heterocycles. The van der Waals surface area contributed by atoms with Crippen molar-refractivity contribution in [3.8, 4) is 0 Å². The molecule has 1 aromatic heterocycles. The summed E-state index contributed by atoms with van der Waals surface area (Å²) in [7, 11) is 1.66. The number of anilines is 1. The molecule has 2 rings (SSSR count). The predicted molar refractivity (Wildman–Crippen MR) is 69.6 cm³/mol. The first-order valence-electron chi connectivity index (χ1n) is 5.86. The minimum atomic E-state index is -0.256. The summed E-state index contributed by atoms with van der Waals surface area (Å²) in [6.07, 6.45) is 4.42. The zero-order chi connectivity index (χ0) is 13.1. The van der Waals surface area contributed by atoms with Crippen molar-refractivity contribution in [2.45, 2.75) is 31.4 Å². The number of rotatable bonds is 3. The lowest BCUT2D eigenvalue weighted by Gasteiger charge is -2.19. The lowest BCUT2D eigenvalue weighted by Crippen LogP contribution is -2.40. The lowest BCUT2D eigenvalue weighted by atomic mass is 10.2. The van der Waals surface area contributed by atoms with E-state index in [4.69, 9.17) is 22.1 Å². The van der Waals surface area contributed by atoms with Gasteiger partial charge in [-0.15, -0.1) is 0 Å². The number of hydrogen-bond acceptors (Lipinski definition) is 4. The highest BCUT2D eigenvalue weighted by Gasteiger charge is 2.29. The van der Waals surface area contributed by atoms with Crippen LogP contribution in [-0.4, -0.2) is 30.1 Å². The number of ether oxygens (including phenoxy) is 1. The van der Waals surface area contributed by atoms with Crippen LogP contribution in [0.15, 0.2) is 12.3 Å². The maximum absolute atomic E-state index is 12.1. The minimum absolute atomic E-state index is 0.0278. The summed E-state index contributed by atoms with van der Waals surface area (Å²) in [5.74, 6) is -0.256. The van der Waals surface area contributed by atoms with E-state index in [1.807, 2.05) is 0 Å². The first-order chi connectivity index (χ1) is 8.61. The summed E-state index contributed by atoms with van der Waals surface area (Å²) in [4.78, 5) is 16.0. The molecule has 1 fully saturated rings. The van der Waals surface area contributed by atoms with Gasteiger partial charge in [0.1, 0.15) is 5.15 Å². The van der Waals surface area contributed by atoms with E-state index in [0.29, 0.717) is 11.3 Å². The Hall–Kier alpha value is -1.33. The summed E-state index contributed by atoms with van der Waals surface area (Å²) in [5.41, 5.74) is 6.32.